The van der Waals surface area contributed by atoms with E-state index < -0.39 is 5.97 Å². The molecule has 1 saturated heterocycles. The van der Waals surface area contributed by atoms with E-state index in [-0.39, 0.29) is 0 Å². The number of hydrogen-bond donors (Lipinski definition) is 3. The molecule has 0 radical (unpaired) electrons. The van der Waals surface area contributed by atoms with E-state index in [0.29, 0.717) is 12.2 Å². The highest BCUT2D eigenvalue weighted by molar-refractivity contribution is 5.97. The van der Waals surface area contributed by atoms with Crippen LogP contribution in [0.2, 0.25) is 0 Å². The van der Waals surface area contributed by atoms with E-state index in [2.05, 4.69) is 45.5 Å². The number of nitrogens with one attached hydrogen (secondary N) is 2. The normalized spacial score (nSPS) is 15.6. The summed E-state index contributed by atoms with van der Waals surface area (Å²) >= 11 is 0. The summed E-state index contributed by atoms with van der Waals surface area (Å²) in [4.78, 5) is 17.3. The van der Waals surface area contributed by atoms with Gasteiger partial charge in [-0.2, -0.15) is 0 Å². The smallest absolute Gasteiger partial charge is 0.352 e. The molecule has 3 aromatic rings. The maximum Gasteiger partial charge on any atom is 0.352 e. The fraction of sp³-hybridized carbons (Fsp3) is 0.400. The van der Waals surface area contributed by atoms with Crippen molar-refractivity contribution in [3.05, 3.63) is 70.9 Å². The van der Waals surface area contributed by atoms with Crippen LogP contribution in [0.1, 0.15) is 46.4 Å². The third kappa shape index (κ3) is 4.91. The molecule has 158 valence electrons. The number of hydrogen-bond acceptors (Lipinski definition) is 3. The molecule has 30 heavy (non-hydrogen) atoms. The van der Waals surface area contributed by atoms with Crippen LogP contribution >= 0.6 is 0 Å². The van der Waals surface area contributed by atoms with Crippen molar-refractivity contribution in [1.82, 2.24) is 15.2 Å². The van der Waals surface area contributed by atoms with Crippen LogP contribution in [-0.4, -0.2) is 40.6 Å². The van der Waals surface area contributed by atoms with Gasteiger partial charge in [0.15, 0.2) is 0 Å². The van der Waals surface area contributed by atoms with Crippen molar-refractivity contribution in [2.75, 3.05) is 19.6 Å². The van der Waals surface area contributed by atoms with Gasteiger partial charge in [-0.1, -0.05) is 42.5 Å². The Morgan fingerprint density at radius 1 is 1.17 bits per heavy atom. The van der Waals surface area contributed by atoms with Crippen LogP contribution in [0.25, 0.3) is 10.9 Å². The van der Waals surface area contributed by atoms with Crippen molar-refractivity contribution in [3.63, 3.8) is 0 Å². The highest BCUT2D eigenvalue weighted by Crippen LogP contribution is 2.24. The van der Waals surface area contributed by atoms with E-state index in [4.69, 9.17) is 0 Å². The average Bonchev–Trinajstić information content (AvgIpc) is 3.11. The molecule has 3 N–H and O–H groups in total. The zero-order chi connectivity index (χ0) is 20.9. The number of carboxylic acids is 1. The molecule has 0 atom stereocenters. The monoisotopic (exact) mass is 405 g/mol. The van der Waals surface area contributed by atoms with Gasteiger partial charge >= 0.3 is 5.97 Å². The van der Waals surface area contributed by atoms with Crippen LogP contribution in [0.4, 0.5) is 0 Å². The lowest BCUT2D eigenvalue weighted by molar-refractivity contribution is 0.0690. The molecule has 5 nitrogen and oxygen atoms in total. The first kappa shape index (κ1) is 20.6. The number of benzene rings is 2. The average molecular weight is 406 g/mol. The fourth-order valence-electron chi connectivity index (χ4n) is 4.53. The molecule has 1 fully saturated rings. The quantitative estimate of drug-likeness (QED) is 0.480. The second kappa shape index (κ2) is 9.45. The minimum atomic E-state index is -0.897. The molecule has 1 aromatic heterocycles. The Morgan fingerprint density at radius 2 is 1.93 bits per heavy atom. The zero-order valence-corrected chi connectivity index (χ0v) is 17.7. The van der Waals surface area contributed by atoms with Gasteiger partial charge in [-0.05, 0) is 68.9 Å². The minimum Gasteiger partial charge on any atom is -0.477 e. The Kier molecular flexibility index (Phi) is 6.50. The number of piperidine rings is 1. The minimum absolute atomic E-state index is 0.303. The van der Waals surface area contributed by atoms with Gasteiger partial charge in [-0.15, -0.1) is 0 Å². The first-order valence-corrected chi connectivity index (χ1v) is 10.9. The molecule has 0 saturated carbocycles. The molecule has 0 unspecified atom stereocenters. The van der Waals surface area contributed by atoms with E-state index in [1.807, 2.05) is 25.1 Å². The summed E-state index contributed by atoms with van der Waals surface area (Å²) in [5, 5.41) is 14.1. The van der Waals surface area contributed by atoms with Crippen LogP contribution in [0.3, 0.4) is 0 Å². The van der Waals surface area contributed by atoms with Crippen molar-refractivity contribution in [2.45, 2.75) is 39.3 Å². The van der Waals surface area contributed by atoms with Crippen molar-refractivity contribution >= 4 is 16.9 Å². The Hall–Kier alpha value is -2.63. The number of aryl methyl sites for hydroxylation is 1. The van der Waals surface area contributed by atoms with Crippen molar-refractivity contribution in [3.8, 4) is 0 Å². The number of fused-ring (bicyclic) bond motifs is 1. The van der Waals surface area contributed by atoms with Crippen molar-refractivity contribution in [2.24, 2.45) is 5.92 Å². The van der Waals surface area contributed by atoms with Crippen molar-refractivity contribution < 1.29 is 9.90 Å². The highest BCUT2D eigenvalue weighted by Gasteiger charge is 2.20. The number of rotatable bonds is 8. The van der Waals surface area contributed by atoms with Crippen LogP contribution in [0.15, 0.2) is 48.5 Å². The standard InChI is InChI=1S/C25H31N3O2/c1-18-7-8-21-22(24(25(29)30)27-23(21)15-18)16-26-12-9-19-10-13-28(14-11-19)17-20-5-3-2-4-6-20/h2-8,15,19,26-27H,9-14,16-17H2,1H3,(H,29,30). The maximum absolute atomic E-state index is 11.7. The predicted octanol–water partition coefficient (Wildman–Crippen LogP) is 4.57. The van der Waals surface area contributed by atoms with E-state index in [1.54, 1.807) is 0 Å². The molecule has 0 spiro atoms. The SMILES string of the molecule is Cc1ccc2c(CNCCC3CCN(Cc4ccccc4)CC3)c(C(=O)O)[nH]c2c1. The maximum atomic E-state index is 11.7. The zero-order valence-electron chi connectivity index (χ0n) is 17.7. The summed E-state index contributed by atoms with van der Waals surface area (Å²) in [5.41, 5.74) is 4.57. The summed E-state index contributed by atoms with van der Waals surface area (Å²) in [6, 6.07) is 16.8. The van der Waals surface area contributed by atoms with Gasteiger partial charge in [-0.25, -0.2) is 4.79 Å². The number of nitrogens with zero attached hydrogens (tertiary/aromatic N) is 1. The first-order chi connectivity index (χ1) is 14.6. The summed E-state index contributed by atoms with van der Waals surface area (Å²) in [6.45, 7) is 6.88. The predicted molar refractivity (Wildman–Crippen MR) is 121 cm³/mol. The van der Waals surface area contributed by atoms with E-state index in [0.717, 1.165) is 60.5 Å². The molecule has 0 bridgehead atoms. The lowest BCUT2D eigenvalue weighted by atomic mass is 9.93. The summed E-state index contributed by atoms with van der Waals surface area (Å²) < 4.78 is 0. The molecule has 2 aromatic carbocycles. The third-order valence-electron chi connectivity index (χ3n) is 6.26. The summed E-state index contributed by atoms with van der Waals surface area (Å²) in [5.74, 6) is -0.152. The number of carboxylic acid groups (broad SMARTS) is 1. The number of carbonyl (C=O) groups is 1. The number of H-pyrrole nitrogens is 1. The van der Waals surface area contributed by atoms with E-state index in [9.17, 15) is 9.90 Å². The summed E-state index contributed by atoms with van der Waals surface area (Å²) in [6.07, 6.45) is 3.62. The second-order valence-electron chi connectivity index (χ2n) is 8.50. The number of aromatic carboxylic acids is 1. The Morgan fingerprint density at radius 3 is 2.67 bits per heavy atom. The van der Waals surface area contributed by atoms with E-state index >= 15 is 0 Å². The van der Waals surface area contributed by atoms with Gasteiger partial charge in [0.05, 0.1) is 0 Å². The topological polar surface area (TPSA) is 68.4 Å². The summed E-state index contributed by atoms with van der Waals surface area (Å²) in [7, 11) is 0. The molecule has 1 aliphatic rings. The van der Waals surface area contributed by atoms with E-state index in [1.165, 1.54) is 18.4 Å². The molecule has 4 rings (SSSR count). The lowest BCUT2D eigenvalue weighted by Gasteiger charge is -2.32. The molecule has 0 aliphatic carbocycles. The first-order valence-electron chi connectivity index (χ1n) is 10.9. The fourth-order valence-corrected chi connectivity index (χ4v) is 4.53. The third-order valence-corrected chi connectivity index (χ3v) is 6.26. The van der Waals surface area contributed by atoms with Crippen molar-refractivity contribution in [1.29, 1.82) is 0 Å². The molecule has 1 aliphatic heterocycles. The number of likely N-dealkylation sites (tertiary alicyclic amines) is 1. The van der Waals surface area contributed by atoms with Crippen LogP contribution < -0.4 is 5.32 Å². The van der Waals surface area contributed by atoms with Crippen LogP contribution in [0, 0.1) is 12.8 Å². The largest absolute Gasteiger partial charge is 0.477 e. The molecule has 5 heteroatoms. The van der Waals surface area contributed by atoms with Gasteiger partial charge in [0.1, 0.15) is 5.69 Å². The Balaban J connectivity index is 1.25. The van der Waals surface area contributed by atoms with Gasteiger partial charge in [-0.3, -0.25) is 4.90 Å². The van der Waals surface area contributed by atoms with Crippen LogP contribution in [0.5, 0.6) is 0 Å². The number of aromatic amines is 1. The van der Waals surface area contributed by atoms with Gasteiger partial charge in [0, 0.05) is 29.6 Å². The lowest BCUT2D eigenvalue weighted by Crippen LogP contribution is -2.34. The number of aromatic nitrogens is 1. The Labute approximate surface area is 178 Å². The highest BCUT2D eigenvalue weighted by atomic mass is 16.4. The van der Waals surface area contributed by atoms with Gasteiger partial charge in [0.2, 0.25) is 0 Å². The molecule has 0 amide bonds. The van der Waals surface area contributed by atoms with Gasteiger partial charge in [0.25, 0.3) is 0 Å². The van der Waals surface area contributed by atoms with Gasteiger partial charge < -0.3 is 15.4 Å². The molecular weight excluding hydrogens is 374 g/mol. The Bertz CT molecular complexity index is 988. The molecule has 2 heterocycles. The second-order valence-corrected chi connectivity index (χ2v) is 8.50. The van der Waals surface area contributed by atoms with Crippen LogP contribution in [-0.2, 0) is 13.1 Å². The molecular formula is C25H31N3O2.